The Kier molecular flexibility index (Phi) is 5.95. The molecule has 0 unspecified atom stereocenters. The molecule has 4 heteroatoms. The lowest BCUT2D eigenvalue weighted by Crippen LogP contribution is -2.05. The lowest BCUT2D eigenvalue weighted by atomic mass is 10.1. The van der Waals surface area contributed by atoms with Gasteiger partial charge < -0.3 is 10.1 Å². The van der Waals surface area contributed by atoms with Crippen molar-refractivity contribution in [2.45, 2.75) is 26.8 Å². The van der Waals surface area contributed by atoms with Crippen LogP contribution in [0.15, 0.2) is 40.9 Å². The zero-order chi connectivity index (χ0) is 15.2. The smallest absolute Gasteiger partial charge is 0.156 e. The van der Waals surface area contributed by atoms with E-state index in [4.69, 9.17) is 16.3 Å². The predicted molar refractivity (Wildman–Crippen MR) is 93.5 cm³/mol. The molecular weight excluding hydrogens is 350 g/mol. The molecule has 0 saturated carbocycles. The Morgan fingerprint density at radius 3 is 2.52 bits per heavy atom. The summed E-state index contributed by atoms with van der Waals surface area (Å²) in [5.41, 5.74) is 3.55. The number of hydrogen-bond donors (Lipinski definition) is 1. The molecular formula is C17H19BrClNO. The quantitative estimate of drug-likeness (QED) is 0.708. The molecule has 2 nitrogen and oxygen atoms in total. The van der Waals surface area contributed by atoms with E-state index in [-0.39, 0.29) is 0 Å². The van der Waals surface area contributed by atoms with Crippen molar-refractivity contribution in [1.29, 1.82) is 0 Å². The van der Waals surface area contributed by atoms with Crippen LogP contribution in [0, 0.1) is 0 Å². The van der Waals surface area contributed by atoms with Crippen LogP contribution < -0.4 is 10.1 Å². The molecule has 21 heavy (non-hydrogen) atoms. The van der Waals surface area contributed by atoms with Gasteiger partial charge in [0.25, 0.3) is 0 Å². The number of aryl methyl sites for hydroxylation is 1. The Hall–Kier alpha value is -1.19. The van der Waals surface area contributed by atoms with Gasteiger partial charge in [-0.15, -0.1) is 0 Å². The maximum atomic E-state index is 6.14. The van der Waals surface area contributed by atoms with Crippen LogP contribution in [0.2, 0.25) is 5.02 Å². The number of hydrogen-bond acceptors (Lipinski definition) is 2. The molecule has 0 radical (unpaired) electrons. The summed E-state index contributed by atoms with van der Waals surface area (Å²) in [4.78, 5) is 0. The molecule has 0 atom stereocenters. The van der Waals surface area contributed by atoms with Crippen molar-refractivity contribution < 1.29 is 4.74 Å². The van der Waals surface area contributed by atoms with Gasteiger partial charge in [0.2, 0.25) is 0 Å². The van der Waals surface area contributed by atoms with Crippen LogP contribution in [0.1, 0.15) is 25.0 Å². The van der Waals surface area contributed by atoms with E-state index in [1.54, 1.807) is 0 Å². The third kappa shape index (κ3) is 4.14. The van der Waals surface area contributed by atoms with Crippen LogP contribution in [0.25, 0.3) is 0 Å². The molecule has 0 aliphatic heterocycles. The van der Waals surface area contributed by atoms with Gasteiger partial charge in [0.1, 0.15) is 0 Å². The third-order valence-electron chi connectivity index (χ3n) is 3.27. The van der Waals surface area contributed by atoms with Crippen LogP contribution in [-0.2, 0) is 13.0 Å². The minimum Gasteiger partial charge on any atom is -0.491 e. The molecule has 2 rings (SSSR count). The number of nitrogens with one attached hydrogen (secondary N) is 1. The van der Waals surface area contributed by atoms with E-state index >= 15 is 0 Å². The first-order valence-electron chi connectivity index (χ1n) is 7.08. The first-order chi connectivity index (χ1) is 10.2. The summed E-state index contributed by atoms with van der Waals surface area (Å²) in [6.07, 6.45) is 1.02. The summed E-state index contributed by atoms with van der Waals surface area (Å²) >= 11 is 9.64. The van der Waals surface area contributed by atoms with Crippen molar-refractivity contribution in [3.63, 3.8) is 0 Å². The fourth-order valence-corrected chi connectivity index (χ4v) is 3.17. The minimum atomic E-state index is 0.612. The summed E-state index contributed by atoms with van der Waals surface area (Å²) in [5.74, 6) is 0.802. The van der Waals surface area contributed by atoms with Crippen LogP contribution in [0.3, 0.4) is 0 Å². The van der Waals surface area contributed by atoms with Crippen LogP contribution in [0.4, 0.5) is 5.69 Å². The van der Waals surface area contributed by atoms with Gasteiger partial charge in [-0.3, -0.25) is 0 Å². The molecule has 0 bridgehead atoms. The summed E-state index contributed by atoms with van der Waals surface area (Å²) in [6.45, 7) is 5.50. The first-order valence-corrected chi connectivity index (χ1v) is 8.25. The van der Waals surface area contributed by atoms with Crippen molar-refractivity contribution in [2.75, 3.05) is 11.9 Å². The SMILES string of the molecule is CCOc1c(Br)cc(Cl)cc1NCc1ccccc1CC. The van der Waals surface area contributed by atoms with Crippen molar-refractivity contribution in [3.05, 3.63) is 57.0 Å². The molecule has 0 aliphatic carbocycles. The van der Waals surface area contributed by atoms with E-state index < -0.39 is 0 Å². The third-order valence-corrected chi connectivity index (χ3v) is 4.07. The number of benzene rings is 2. The summed E-state index contributed by atoms with van der Waals surface area (Å²) in [6, 6.07) is 12.2. The second kappa shape index (κ2) is 7.71. The van der Waals surface area contributed by atoms with Crippen molar-refractivity contribution in [1.82, 2.24) is 0 Å². The first kappa shape index (κ1) is 16.2. The highest BCUT2D eigenvalue weighted by atomic mass is 79.9. The summed E-state index contributed by atoms with van der Waals surface area (Å²) < 4.78 is 6.56. The number of ether oxygens (including phenoxy) is 1. The monoisotopic (exact) mass is 367 g/mol. The highest BCUT2D eigenvalue weighted by molar-refractivity contribution is 9.10. The van der Waals surface area contributed by atoms with E-state index in [9.17, 15) is 0 Å². The Morgan fingerprint density at radius 2 is 1.86 bits per heavy atom. The second-order valence-corrected chi connectivity index (χ2v) is 5.96. The van der Waals surface area contributed by atoms with Gasteiger partial charge in [0.05, 0.1) is 16.8 Å². The zero-order valence-corrected chi connectivity index (χ0v) is 14.6. The molecule has 2 aromatic rings. The van der Waals surface area contributed by atoms with Gasteiger partial charge in [-0.25, -0.2) is 0 Å². The molecule has 112 valence electrons. The summed E-state index contributed by atoms with van der Waals surface area (Å²) in [5, 5.41) is 4.11. The average molecular weight is 369 g/mol. The largest absolute Gasteiger partial charge is 0.491 e. The Morgan fingerprint density at radius 1 is 1.14 bits per heavy atom. The molecule has 0 aromatic heterocycles. The van der Waals surface area contributed by atoms with Gasteiger partial charge in [0, 0.05) is 11.6 Å². The summed E-state index contributed by atoms with van der Waals surface area (Å²) in [7, 11) is 0. The highest BCUT2D eigenvalue weighted by Gasteiger charge is 2.10. The molecule has 2 aromatic carbocycles. The Labute approximate surface area is 139 Å². The van der Waals surface area contributed by atoms with Crippen LogP contribution >= 0.6 is 27.5 Å². The number of halogens is 2. The second-order valence-electron chi connectivity index (χ2n) is 4.67. The fourth-order valence-electron chi connectivity index (χ4n) is 2.25. The standard InChI is InChI=1S/C17H19BrClNO/c1-3-12-7-5-6-8-13(12)11-20-16-10-14(19)9-15(18)17(16)21-4-2/h5-10,20H,3-4,11H2,1-2H3. The van der Waals surface area contributed by atoms with Gasteiger partial charge in [0.15, 0.2) is 5.75 Å². The maximum Gasteiger partial charge on any atom is 0.156 e. The fraction of sp³-hybridized carbons (Fsp3) is 0.294. The number of anilines is 1. The molecule has 0 amide bonds. The van der Waals surface area contributed by atoms with E-state index in [1.165, 1.54) is 11.1 Å². The topological polar surface area (TPSA) is 21.3 Å². The zero-order valence-electron chi connectivity index (χ0n) is 12.2. The Bertz CT molecular complexity index is 616. The predicted octanol–water partition coefficient (Wildman–Crippen LogP) is 5.68. The average Bonchev–Trinajstić information content (AvgIpc) is 2.48. The highest BCUT2D eigenvalue weighted by Crippen LogP contribution is 2.36. The molecule has 0 spiro atoms. The lowest BCUT2D eigenvalue weighted by Gasteiger charge is -2.16. The van der Waals surface area contributed by atoms with E-state index in [1.807, 2.05) is 19.1 Å². The Balaban J connectivity index is 2.23. The van der Waals surface area contributed by atoms with Crippen LogP contribution in [0.5, 0.6) is 5.75 Å². The van der Waals surface area contributed by atoms with E-state index in [2.05, 4.69) is 52.4 Å². The molecule has 0 heterocycles. The number of rotatable bonds is 6. The van der Waals surface area contributed by atoms with Crippen molar-refractivity contribution in [2.24, 2.45) is 0 Å². The minimum absolute atomic E-state index is 0.612. The van der Waals surface area contributed by atoms with Gasteiger partial charge in [-0.2, -0.15) is 0 Å². The molecule has 0 aliphatic rings. The molecule has 0 saturated heterocycles. The van der Waals surface area contributed by atoms with Gasteiger partial charge in [-0.05, 0) is 52.5 Å². The van der Waals surface area contributed by atoms with E-state index in [0.717, 1.165) is 28.9 Å². The van der Waals surface area contributed by atoms with Crippen molar-refractivity contribution >= 4 is 33.2 Å². The normalized spacial score (nSPS) is 10.5. The van der Waals surface area contributed by atoms with Gasteiger partial charge in [-0.1, -0.05) is 42.8 Å². The van der Waals surface area contributed by atoms with E-state index in [0.29, 0.717) is 11.6 Å². The maximum absolute atomic E-state index is 6.14. The molecule has 1 N–H and O–H groups in total. The van der Waals surface area contributed by atoms with Crippen molar-refractivity contribution in [3.8, 4) is 5.75 Å². The molecule has 0 fully saturated rings. The van der Waals surface area contributed by atoms with Crippen LogP contribution in [-0.4, -0.2) is 6.61 Å². The van der Waals surface area contributed by atoms with Gasteiger partial charge >= 0.3 is 0 Å². The lowest BCUT2D eigenvalue weighted by molar-refractivity contribution is 0.339.